The van der Waals surface area contributed by atoms with Crippen molar-refractivity contribution in [2.45, 2.75) is 4.90 Å². The van der Waals surface area contributed by atoms with Crippen LogP contribution in [0.5, 0.6) is 23.0 Å². The molecule has 0 saturated carbocycles. The summed E-state index contributed by atoms with van der Waals surface area (Å²) in [5, 5.41) is 11.2. The number of halogens is 1. The summed E-state index contributed by atoms with van der Waals surface area (Å²) in [6, 6.07) is 15.0. The van der Waals surface area contributed by atoms with Gasteiger partial charge in [0.25, 0.3) is 0 Å². The topological polar surface area (TPSA) is 95.7 Å². The summed E-state index contributed by atoms with van der Waals surface area (Å²) in [6.07, 6.45) is 1.09. The van der Waals surface area contributed by atoms with E-state index in [2.05, 4.69) is 0 Å². The fraction of sp³-hybridized carbons (Fsp3) is 0.0526. The van der Waals surface area contributed by atoms with E-state index in [0.717, 1.165) is 6.26 Å². The summed E-state index contributed by atoms with van der Waals surface area (Å²) in [7, 11) is -3.34. The van der Waals surface area contributed by atoms with Crippen LogP contribution in [0.2, 0.25) is 0 Å². The van der Waals surface area contributed by atoms with Crippen LogP contribution in [-0.4, -0.2) is 19.6 Å². The third-order valence-electron chi connectivity index (χ3n) is 3.67. The summed E-state index contributed by atoms with van der Waals surface area (Å²) >= 11 is 0. The second-order valence-corrected chi connectivity index (χ2v) is 7.78. The molecule has 0 spiro atoms. The van der Waals surface area contributed by atoms with E-state index in [9.17, 15) is 22.9 Å². The fourth-order valence-corrected chi connectivity index (χ4v) is 2.96. The molecule has 3 aromatic carbocycles. The van der Waals surface area contributed by atoms with Crippen LogP contribution >= 0.6 is 0 Å². The summed E-state index contributed by atoms with van der Waals surface area (Å²) in [5.74, 6) is -0.512. The normalized spacial score (nSPS) is 11.1. The molecule has 0 aliphatic rings. The second-order valence-electron chi connectivity index (χ2n) is 5.76. The Kier molecular flexibility index (Phi) is 5.27. The van der Waals surface area contributed by atoms with Crippen LogP contribution in [0.15, 0.2) is 71.6 Å². The van der Waals surface area contributed by atoms with Crippen LogP contribution in [0, 0.1) is 15.9 Å². The predicted molar refractivity (Wildman–Crippen MR) is 99.2 cm³/mol. The van der Waals surface area contributed by atoms with E-state index >= 15 is 0 Å². The van der Waals surface area contributed by atoms with E-state index in [1.165, 1.54) is 66.7 Å². The molecule has 0 amide bonds. The zero-order valence-corrected chi connectivity index (χ0v) is 15.4. The SMILES string of the molecule is CS(=O)(=O)c1ccc(Oc2ccc([N+](=O)[O-])c(Oc3ccccc3F)c2)cc1. The van der Waals surface area contributed by atoms with Crippen molar-refractivity contribution >= 4 is 15.5 Å². The van der Waals surface area contributed by atoms with Crippen molar-refractivity contribution in [1.82, 2.24) is 0 Å². The van der Waals surface area contributed by atoms with Gasteiger partial charge in [0.1, 0.15) is 11.5 Å². The molecule has 0 heterocycles. The molecule has 0 aliphatic heterocycles. The molecule has 0 N–H and O–H groups in total. The molecule has 0 aromatic heterocycles. The van der Waals surface area contributed by atoms with Gasteiger partial charge in [-0.05, 0) is 42.5 Å². The maximum absolute atomic E-state index is 13.8. The minimum atomic E-state index is -3.34. The monoisotopic (exact) mass is 403 g/mol. The molecule has 144 valence electrons. The quantitative estimate of drug-likeness (QED) is 0.436. The van der Waals surface area contributed by atoms with E-state index in [0.29, 0.717) is 5.75 Å². The second kappa shape index (κ2) is 7.65. The van der Waals surface area contributed by atoms with Gasteiger partial charge in [-0.25, -0.2) is 12.8 Å². The zero-order chi connectivity index (χ0) is 20.3. The molecule has 0 atom stereocenters. The Morgan fingerprint density at radius 3 is 2.14 bits per heavy atom. The van der Waals surface area contributed by atoms with Crippen LogP contribution in [0.1, 0.15) is 0 Å². The molecular weight excluding hydrogens is 389 g/mol. The fourth-order valence-electron chi connectivity index (χ4n) is 2.33. The molecule has 0 aliphatic carbocycles. The van der Waals surface area contributed by atoms with Gasteiger partial charge in [-0.2, -0.15) is 0 Å². The lowest BCUT2D eigenvalue weighted by molar-refractivity contribution is -0.385. The number of para-hydroxylation sites is 1. The first-order chi connectivity index (χ1) is 13.2. The molecule has 3 aromatic rings. The maximum atomic E-state index is 13.8. The number of nitro groups is 1. The summed E-state index contributed by atoms with van der Waals surface area (Å²) < 4.78 is 47.8. The van der Waals surface area contributed by atoms with E-state index in [1.807, 2.05) is 0 Å². The maximum Gasteiger partial charge on any atom is 0.311 e. The van der Waals surface area contributed by atoms with Crippen LogP contribution < -0.4 is 9.47 Å². The average molecular weight is 403 g/mol. The zero-order valence-electron chi connectivity index (χ0n) is 14.5. The average Bonchev–Trinajstić information content (AvgIpc) is 2.63. The summed E-state index contributed by atoms with van der Waals surface area (Å²) in [4.78, 5) is 10.7. The van der Waals surface area contributed by atoms with Gasteiger partial charge in [0.05, 0.1) is 9.82 Å². The van der Waals surface area contributed by atoms with Crippen molar-refractivity contribution in [1.29, 1.82) is 0 Å². The molecule has 0 fully saturated rings. The van der Waals surface area contributed by atoms with Gasteiger partial charge >= 0.3 is 5.69 Å². The highest BCUT2D eigenvalue weighted by Gasteiger charge is 2.19. The highest BCUT2D eigenvalue weighted by Crippen LogP contribution is 2.36. The lowest BCUT2D eigenvalue weighted by Crippen LogP contribution is -1.97. The van der Waals surface area contributed by atoms with Crippen molar-refractivity contribution in [2.24, 2.45) is 0 Å². The first kappa shape index (κ1) is 19.3. The van der Waals surface area contributed by atoms with Gasteiger partial charge in [0.15, 0.2) is 21.4 Å². The van der Waals surface area contributed by atoms with Gasteiger partial charge in [0.2, 0.25) is 5.75 Å². The Hall–Kier alpha value is -3.46. The number of sulfone groups is 1. The minimum Gasteiger partial charge on any atom is -0.457 e. The molecule has 0 bridgehead atoms. The number of hydrogen-bond donors (Lipinski definition) is 0. The van der Waals surface area contributed by atoms with Crippen molar-refractivity contribution in [2.75, 3.05) is 6.26 Å². The van der Waals surface area contributed by atoms with Crippen LogP contribution in [0.4, 0.5) is 10.1 Å². The van der Waals surface area contributed by atoms with Crippen LogP contribution in [0.3, 0.4) is 0 Å². The van der Waals surface area contributed by atoms with E-state index in [4.69, 9.17) is 9.47 Å². The van der Waals surface area contributed by atoms with Crippen molar-refractivity contribution < 1.29 is 27.2 Å². The standard InChI is InChI=1S/C19H14FNO6S/c1-28(24,25)15-9-6-13(7-10-15)26-14-8-11-17(21(22)23)19(12-14)27-18-5-3-2-4-16(18)20/h2-12H,1H3. The lowest BCUT2D eigenvalue weighted by atomic mass is 10.2. The number of benzene rings is 3. The number of hydrogen-bond acceptors (Lipinski definition) is 6. The van der Waals surface area contributed by atoms with Gasteiger partial charge in [-0.3, -0.25) is 10.1 Å². The third kappa shape index (κ3) is 4.44. The van der Waals surface area contributed by atoms with Crippen LogP contribution in [-0.2, 0) is 9.84 Å². The number of nitro benzene ring substituents is 1. The number of ether oxygens (including phenoxy) is 2. The Morgan fingerprint density at radius 2 is 1.54 bits per heavy atom. The molecule has 9 heteroatoms. The largest absolute Gasteiger partial charge is 0.457 e. The number of nitrogens with zero attached hydrogens (tertiary/aromatic N) is 1. The van der Waals surface area contributed by atoms with Crippen molar-refractivity contribution in [3.8, 4) is 23.0 Å². The summed E-state index contributed by atoms with van der Waals surface area (Å²) in [5.41, 5.74) is -0.358. The summed E-state index contributed by atoms with van der Waals surface area (Å²) in [6.45, 7) is 0. The van der Waals surface area contributed by atoms with E-state index < -0.39 is 20.6 Å². The van der Waals surface area contributed by atoms with Gasteiger partial charge in [0, 0.05) is 18.4 Å². The Balaban J connectivity index is 1.90. The van der Waals surface area contributed by atoms with Gasteiger partial charge in [-0.15, -0.1) is 0 Å². The molecule has 7 nitrogen and oxygen atoms in total. The highest BCUT2D eigenvalue weighted by molar-refractivity contribution is 7.90. The Morgan fingerprint density at radius 1 is 0.893 bits per heavy atom. The Labute approximate surface area is 160 Å². The molecule has 0 unspecified atom stereocenters. The smallest absolute Gasteiger partial charge is 0.311 e. The third-order valence-corrected chi connectivity index (χ3v) is 4.80. The Bertz CT molecular complexity index is 1130. The van der Waals surface area contributed by atoms with Gasteiger partial charge < -0.3 is 9.47 Å². The first-order valence-corrected chi connectivity index (χ1v) is 9.82. The van der Waals surface area contributed by atoms with Gasteiger partial charge in [-0.1, -0.05) is 12.1 Å². The molecule has 0 radical (unpaired) electrons. The predicted octanol–water partition coefficient (Wildman–Crippen LogP) is 4.72. The number of rotatable bonds is 6. The molecular formula is C19H14FNO6S. The van der Waals surface area contributed by atoms with Crippen molar-refractivity contribution in [3.05, 3.63) is 82.7 Å². The van der Waals surface area contributed by atoms with Crippen molar-refractivity contribution in [3.63, 3.8) is 0 Å². The van der Waals surface area contributed by atoms with E-state index in [-0.39, 0.29) is 27.8 Å². The molecule has 28 heavy (non-hydrogen) atoms. The minimum absolute atomic E-state index is 0.132. The first-order valence-electron chi connectivity index (χ1n) is 7.93. The van der Waals surface area contributed by atoms with Crippen LogP contribution in [0.25, 0.3) is 0 Å². The van der Waals surface area contributed by atoms with E-state index in [1.54, 1.807) is 0 Å². The lowest BCUT2D eigenvalue weighted by Gasteiger charge is -2.10. The molecule has 3 rings (SSSR count). The highest BCUT2D eigenvalue weighted by atomic mass is 32.2. The molecule has 0 saturated heterocycles.